The number of carbonyl (C=O) groups excluding carboxylic acids is 1. The molecule has 4 rings (SSSR count). The first-order chi connectivity index (χ1) is 17.0. The molecular weight excluding hydrogens is 504 g/mol. The summed E-state index contributed by atoms with van der Waals surface area (Å²) in [6.45, 7) is 3.76. The minimum Gasteiger partial charge on any atom is -0.453 e. The molecule has 3 N–H and O–H groups in total. The number of nitrogens with zero attached hydrogens (tertiary/aromatic N) is 3. The molecule has 0 spiro atoms. The van der Waals surface area contributed by atoms with Crippen molar-refractivity contribution in [1.29, 1.82) is 0 Å². The fourth-order valence-corrected chi connectivity index (χ4v) is 4.74. The average molecular weight is 533 g/mol. The largest absolute Gasteiger partial charge is 0.453 e. The Balaban J connectivity index is 1.70. The van der Waals surface area contributed by atoms with Gasteiger partial charge < -0.3 is 15.0 Å². The molecule has 10 nitrogen and oxygen atoms in total. The molecule has 0 saturated heterocycles. The number of hydrogen-bond donors (Lipinski definition) is 3. The summed E-state index contributed by atoms with van der Waals surface area (Å²) in [7, 11) is -2.20. The summed E-state index contributed by atoms with van der Waals surface area (Å²) >= 11 is 6.70. The van der Waals surface area contributed by atoms with Gasteiger partial charge in [-0.15, -0.1) is 0 Å². The van der Waals surface area contributed by atoms with E-state index in [1.807, 2.05) is 19.9 Å². The van der Waals surface area contributed by atoms with Crippen molar-refractivity contribution in [3.63, 3.8) is 0 Å². The molecular formula is C24H29ClN6O4S. The molecule has 36 heavy (non-hydrogen) atoms. The number of imidazole rings is 1. The maximum absolute atomic E-state index is 11.9. The highest BCUT2D eigenvalue weighted by molar-refractivity contribution is 7.92. The summed E-state index contributed by atoms with van der Waals surface area (Å²) < 4.78 is 30.9. The molecule has 192 valence electrons. The van der Waals surface area contributed by atoms with Gasteiger partial charge in [0, 0.05) is 30.1 Å². The van der Waals surface area contributed by atoms with Crippen molar-refractivity contribution >= 4 is 33.4 Å². The lowest BCUT2D eigenvalue weighted by Gasteiger charge is -2.13. The van der Waals surface area contributed by atoms with Crippen LogP contribution in [0.15, 0.2) is 24.4 Å². The van der Waals surface area contributed by atoms with E-state index in [-0.39, 0.29) is 11.1 Å². The minimum absolute atomic E-state index is 0.110. The maximum atomic E-state index is 11.9. The summed E-state index contributed by atoms with van der Waals surface area (Å²) in [6, 6.07) is 5.26. The number of aryl methyl sites for hydroxylation is 2. The van der Waals surface area contributed by atoms with Crippen LogP contribution in [-0.4, -0.2) is 53.9 Å². The molecule has 0 unspecified atom stereocenters. The number of rotatable bonds is 9. The Hall–Kier alpha value is -3.18. The zero-order valence-electron chi connectivity index (χ0n) is 20.6. The van der Waals surface area contributed by atoms with E-state index in [1.54, 1.807) is 18.3 Å². The molecule has 0 radical (unpaired) electrons. The standard InChI is InChI=1S/C24H29ClN6O4S/c1-13-11-16(20(25)18(12-13)31-36(4,33)34)21-22(30-23(29-21)15-6-7-15)17-9-10-26-19(28-17)8-5-14(2)27-24(32)35-3/h9-12,14-15,31H,5-8H2,1-4H3,(H,27,32)(H,29,30)/t14-/m0/s1. The number of aromatic nitrogens is 4. The van der Waals surface area contributed by atoms with Gasteiger partial charge in [0.25, 0.3) is 0 Å². The Morgan fingerprint density at radius 1 is 1.31 bits per heavy atom. The van der Waals surface area contributed by atoms with Crippen molar-refractivity contribution in [2.75, 3.05) is 18.1 Å². The summed E-state index contributed by atoms with van der Waals surface area (Å²) in [6.07, 6.45) is 5.57. The van der Waals surface area contributed by atoms with E-state index in [1.165, 1.54) is 7.11 Å². The van der Waals surface area contributed by atoms with Crippen LogP contribution in [0.4, 0.5) is 10.5 Å². The first-order valence-electron chi connectivity index (χ1n) is 11.6. The third-order valence-electron chi connectivity index (χ3n) is 5.77. The number of alkyl carbamates (subject to hydrolysis) is 1. The Labute approximate surface area is 215 Å². The molecule has 1 saturated carbocycles. The lowest BCUT2D eigenvalue weighted by atomic mass is 10.0. The number of anilines is 1. The van der Waals surface area contributed by atoms with Gasteiger partial charge in [-0.3, -0.25) is 4.72 Å². The Kier molecular flexibility index (Phi) is 7.51. The minimum atomic E-state index is -3.52. The van der Waals surface area contributed by atoms with E-state index in [9.17, 15) is 13.2 Å². The van der Waals surface area contributed by atoms with Crippen molar-refractivity contribution in [2.24, 2.45) is 0 Å². The van der Waals surface area contributed by atoms with Crippen molar-refractivity contribution in [3.8, 4) is 22.6 Å². The summed E-state index contributed by atoms with van der Waals surface area (Å²) in [5, 5.41) is 3.00. The number of benzene rings is 1. The number of carbonyl (C=O) groups is 1. The van der Waals surface area contributed by atoms with Crippen molar-refractivity contribution in [3.05, 3.63) is 46.6 Å². The van der Waals surface area contributed by atoms with E-state index >= 15 is 0 Å². The number of aromatic amines is 1. The first kappa shape index (κ1) is 25.9. The van der Waals surface area contributed by atoms with Gasteiger partial charge in [-0.2, -0.15) is 0 Å². The fraction of sp³-hybridized carbons (Fsp3) is 0.417. The van der Waals surface area contributed by atoms with Crippen LogP contribution in [0.25, 0.3) is 22.6 Å². The Morgan fingerprint density at radius 2 is 2.06 bits per heavy atom. The molecule has 1 aliphatic carbocycles. The second-order valence-electron chi connectivity index (χ2n) is 9.10. The van der Waals surface area contributed by atoms with Crippen LogP contribution < -0.4 is 10.0 Å². The molecule has 3 aromatic rings. The number of amides is 1. The molecule has 0 aliphatic heterocycles. The lowest BCUT2D eigenvalue weighted by Crippen LogP contribution is -2.32. The summed E-state index contributed by atoms with van der Waals surface area (Å²) in [5.41, 5.74) is 3.69. The van der Waals surface area contributed by atoms with E-state index < -0.39 is 16.1 Å². The third-order valence-corrected chi connectivity index (χ3v) is 6.76. The predicted octanol–water partition coefficient (Wildman–Crippen LogP) is 4.42. The van der Waals surface area contributed by atoms with Crippen LogP contribution >= 0.6 is 11.6 Å². The molecule has 12 heteroatoms. The number of ether oxygens (including phenoxy) is 1. The van der Waals surface area contributed by atoms with E-state index in [0.717, 1.165) is 30.5 Å². The number of halogens is 1. The number of sulfonamides is 1. The normalized spacial score (nSPS) is 14.4. The molecule has 1 aromatic carbocycles. The van der Waals surface area contributed by atoms with Gasteiger partial charge in [0.2, 0.25) is 10.0 Å². The zero-order chi connectivity index (χ0) is 26.0. The number of methoxy groups -OCH3 is 1. The third kappa shape index (κ3) is 6.33. The number of H-pyrrole nitrogens is 1. The highest BCUT2D eigenvalue weighted by Gasteiger charge is 2.30. The topological polar surface area (TPSA) is 139 Å². The molecule has 1 aliphatic rings. The van der Waals surface area contributed by atoms with Crippen molar-refractivity contribution in [2.45, 2.75) is 51.5 Å². The quantitative estimate of drug-likeness (QED) is 0.370. The van der Waals surface area contributed by atoms with Crippen LogP contribution in [0.2, 0.25) is 5.02 Å². The van der Waals surface area contributed by atoms with Gasteiger partial charge >= 0.3 is 6.09 Å². The second kappa shape index (κ2) is 10.4. The van der Waals surface area contributed by atoms with Gasteiger partial charge in [-0.05, 0) is 56.9 Å². The van der Waals surface area contributed by atoms with E-state index in [0.29, 0.717) is 52.9 Å². The highest BCUT2D eigenvalue weighted by atomic mass is 35.5. The Bertz CT molecular complexity index is 1390. The number of hydrogen-bond acceptors (Lipinski definition) is 7. The predicted molar refractivity (Wildman–Crippen MR) is 139 cm³/mol. The van der Waals surface area contributed by atoms with Crippen molar-refractivity contribution in [1.82, 2.24) is 25.3 Å². The molecule has 1 fully saturated rings. The molecule has 1 amide bonds. The second-order valence-corrected chi connectivity index (χ2v) is 11.2. The molecule has 1 atom stereocenters. The first-order valence-corrected chi connectivity index (χ1v) is 13.9. The maximum Gasteiger partial charge on any atom is 0.407 e. The van der Waals surface area contributed by atoms with Gasteiger partial charge in [0.05, 0.1) is 41.2 Å². The van der Waals surface area contributed by atoms with E-state index in [4.69, 9.17) is 21.6 Å². The summed E-state index contributed by atoms with van der Waals surface area (Å²) in [5.74, 6) is 1.82. The summed E-state index contributed by atoms with van der Waals surface area (Å²) in [4.78, 5) is 28.9. The van der Waals surface area contributed by atoms with Crippen molar-refractivity contribution < 1.29 is 17.9 Å². The van der Waals surface area contributed by atoms with Gasteiger partial charge in [-0.1, -0.05) is 11.6 Å². The van der Waals surface area contributed by atoms with Crippen LogP contribution in [0.1, 0.15) is 49.3 Å². The molecule has 0 bridgehead atoms. The van der Waals surface area contributed by atoms with Gasteiger partial charge in [0.15, 0.2) is 0 Å². The van der Waals surface area contributed by atoms with Crippen LogP contribution in [-0.2, 0) is 21.2 Å². The molecule has 2 heterocycles. The highest BCUT2D eigenvalue weighted by Crippen LogP contribution is 2.44. The lowest BCUT2D eigenvalue weighted by molar-refractivity contribution is 0.167. The smallest absolute Gasteiger partial charge is 0.407 e. The van der Waals surface area contributed by atoms with Gasteiger partial charge in [0.1, 0.15) is 11.6 Å². The van der Waals surface area contributed by atoms with Crippen LogP contribution in [0, 0.1) is 6.92 Å². The van der Waals surface area contributed by atoms with Crippen LogP contribution in [0.3, 0.4) is 0 Å². The van der Waals surface area contributed by atoms with E-state index in [2.05, 4.69) is 24.7 Å². The van der Waals surface area contributed by atoms with Gasteiger partial charge in [-0.25, -0.2) is 28.2 Å². The monoisotopic (exact) mass is 532 g/mol. The average Bonchev–Trinajstić information content (AvgIpc) is 3.57. The Morgan fingerprint density at radius 3 is 2.72 bits per heavy atom. The zero-order valence-corrected chi connectivity index (χ0v) is 22.1. The SMILES string of the molecule is COC(=O)N[C@@H](C)CCc1nccc(-c2[nH]c(C3CC3)nc2-c2cc(C)cc(NS(C)(=O)=O)c2Cl)n1. The fourth-order valence-electron chi connectivity index (χ4n) is 3.87. The van der Waals surface area contributed by atoms with Crippen LogP contribution in [0.5, 0.6) is 0 Å². The molecule has 2 aromatic heterocycles. The number of nitrogens with one attached hydrogen (secondary N) is 3.